The number of benzene rings is 2. The quantitative estimate of drug-likeness (QED) is 0.624. The highest BCUT2D eigenvalue weighted by Gasteiger charge is 2.30. The summed E-state index contributed by atoms with van der Waals surface area (Å²) >= 11 is 12.0. The fourth-order valence-electron chi connectivity index (χ4n) is 3.60. The van der Waals surface area contributed by atoms with Crippen molar-refractivity contribution >= 4 is 33.0 Å². The van der Waals surface area contributed by atoms with Crippen molar-refractivity contribution in [2.45, 2.75) is 23.8 Å². The average molecular weight is 444 g/mol. The zero-order valence-electron chi connectivity index (χ0n) is 15.8. The van der Waals surface area contributed by atoms with Gasteiger partial charge in [-0.05, 0) is 43.7 Å². The summed E-state index contributed by atoms with van der Waals surface area (Å²) in [4.78, 5) is 2.26. The minimum absolute atomic E-state index is 0.0258. The molecule has 0 radical (unpaired) electrons. The van der Waals surface area contributed by atoms with Crippen LogP contribution in [0.2, 0.25) is 10.0 Å². The van der Waals surface area contributed by atoms with E-state index >= 15 is 0 Å². The van der Waals surface area contributed by atoms with Crippen LogP contribution in [0.1, 0.15) is 24.4 Å². The highest BCUT2D eigenvalue weighted by atomic mass is 35.5. The second-order valence-electron chi connectivity index (χ2n) is 6.70. The highest BCUT2D eigenvalue weighted by Crippen LogP contribution is 2.38. The largest absolute Gasteiger partial charge is 0.497 e. The first kappa shape index (κ1) is 21.2. The number of hydrogen-bond acceptors (Lipinski definition) is 5. The number of rotatable bonds is 7. The standard InChI is InChI=1S/C20H23Cl2NO4S/c1-26-15-6-7-16(19(13-15)27-2)18-4-3-9-23(18)10-11-28(24,25)20-12-14(21)5-8-17(20)22/h5-8,12-13,18H,3-4,9-11H2,1-2H3/t18-/m1/s1. The van der Waals surface area contributed by atoms with Gasteiger partial charge in [0.15, 0.2) is 9.84 Å². The first-order valence-corrected chi connectivity index (χ1v) is 11.4. The molecular weight excluding hydrogens is 421 g/mol. The minimum atomic E-state index is -3.54. The van der Waals surface area contributed by atoms with Crippen LogP contribution in [0.4, 0.5) is 0 Å². The fraction of sp³-hybridized carbons (Fsp3) is 0.400. The smallest absolute Gasteiger partial charge is 0.181 e. The topological polar surface area (TPSA) is 55.8 Å². The first-order valence-electron chi connectivity index (χ1n) is 8.99. The molecule has 1 aliphatic rings. The van der Waals surface area contributed by atoms with Gasteiger partial charge in [-0.15, -0.1) is 0 Å². The molecule has 1 aliphatic heterocycles. The number of sulfone groups is 1. The predicted molar refractivity (Wildman–Crippen MR) is 112 cm³/mol. The van der Waals surface area contributed by atoms with Crippen molar-refractivity contribution in [1.29, 1.82) is 0 Å². The molecule has 0 amide bonds. The lowest BCUT2D eigenvalue weighted by Gasteiger charge is -2.26. The first-order chi connectivity index (χ1) is 13.4. The van der Waals surface area contributed by atoms with Crippen LogP contribution >= 0.6 is 23.2 Å². The van der Waals surface area contributed by atoms with Gasteiger partial charge in [0.25, 0.3) is 0 Å². The van der Waals surface area contributed by atoms with E-state index in [0.717, 1.165) is 36.4 Å². The zero-order chi connectivity index (χ0) is 20.3. The zero-order valence-corrected chi connectivity index (χ0v) is 18.1. The van der Waals surface area contributed by atoms with Crippen molar-refractivity contribution in [3.63, 3.8) is 0 Å². The van der Waals surface area contributed by atoms with Crippen LogP contribution in [-0.4, -0.2) is 46.4 Å². The fourth-order valence-corrected chi connectivity index (χ4v) is 5.68. The number of ether oxygens (including phenoxy) is 2. The molecule has 0 spiro atoms. The molecule has 0 bridgehead atoms. The SMILES string of the molecule is COc1ccc([C@H]2CCCN2CCS(=O)(=O)c2cc(Cl)ccc2Cl)c(OC)c1. The Hall–Kier alpha value is -1.47. The van der Waals surface area contributed by atoms with Crippen LogP contribution in [0.5, 0.6) is 11.5 Å². The molecule has 0 saturated carbocycles. The molecule has 8 heteroatoms. The van der Waals surface area contributed by atoms with E-state index in [4.69, 9.17) is 32.7 Å². The van der Waals surface area contributed by atoms with Crippen LogP contribution in [0.3, 0.4) is 0 Å². The Morgan fingerprint density at radius 3 is 2.61 bits per heavy atom. The maximum Gasteiger partial charge on any atom is 0.181 e. The second kappa shape index (κ2) is 8.91. The Morgan fingerprint density at radius 1 is 1.11 bits per heavy atom. The third-order valence-corrected chi connectivity index (χ3v) is 7.44. The van der Waals surface area contributed by atoms with Gasteiger partial charge in [0, 0.05) is 29.2 Å². The minimum Gasteiger partial charge on any atom is -0.497 e. The molecule has 0 aromatic heterocycles. The van der Waals surface area contributed by atoms with Crippen LogP contribution in [0.15, 0.2) is 41.3 Å². The van der Waals surface area contributed by atoms with E-state index in [0.29, 0.717) is 11.6 Å². The van der Waals surface area contributed by atoms with Crippen LogP contribution in [0, 0.1) is 0 Å². The molecule has 0 N–H and O–H groups in total. The van der Waals surface area contributed by atoms with Gasteiger partial charge >= 0.3 is 0 Å². The van der Waals surface area contributed by atoms with Gasteiger partial charge in [-0.1, -0.05) is 29.3 Å². The van der Waals surface area contributed by atoms with Gasteiger partial charge in [0.2, 0.25) is 0 Å². The summed E-state index contributed by atoms with van der Waals surface area (Å²) < 4.78 is 36.4. The molecule has 1 atom stereocenters. The molecule has 2 aromatic rings. The molecule has 2 aromatic carbocycles. The van der Waals surface area contributed by atoms with Crippen molar-refractivity contribution in [2.24, 2.45) is 0 Å². The van der Waals surface area contributed by atoms with Gasteiger partial charge in [0.1, 0.15) is 11.5 Å². The Kier molecular flexibility index (Phi) is 6.76. The lowest BCUT2D eigenvalue weighted by atomic mass is 10.0. The number of halogens is 2. The summed E-state index contributed by atoms with van der Waals surface area (Å²) in [5.74, 6) is 1.45. The predicted octanol–water partition coefficient (Wildman–Crippen LogP) is 4.62. The number of likely N-dealkylation sites (tertiary alicyclic amines) is 1. The molecule has 0 aliphatic carbocycles. The third kappa shape index (κ3) is 4.57. The van der Waals surface area contributed by atoms with E-state index in [1.54, 1.807) is 20.3 Å². The number of methoxy groups -OCH3 is 2. The number of nitrogens with zero attached hydrogens (tertiary/aromatic N) is 1. The average Bonchev–Trinajstić information content (AvgIpc) is 3.16. The van der Waals surface area contributed by atoms with Gasteiger partial charge < -0.3 is 9.47 Å². The Labute approximate surface area is 176 Å². The summed E-state index contributed by atoms with van der Waals surface area (Å²) in [5, 5.41) is 0.546. The molecular formula is C20H23Cl2NO4S. The van der Waals surface area contributed by atoms with Crippen molar-refractivity contribution < 1.29 is 17.9 Å². The molecule has 3 rings (SSSR count). The normalized spacial score (nSPS) is 17.6. The summed E-state index contributed by atoms with van der Waals surface area (Å²) in [5.41, 5.74) is 1.04. The Morgan fingerprint density at radius 2 is 1.89 bits per heavy atom. The van der Waals surface area contributed by atoms with Crippen molar-refractivity contribution in [2.75, 3.05) is 33.1 Å². The van der Waals surface area contributed by atoms with Crippen molar-refractivity contribution in [3.05, 3.63) is 52.0 Å². The lowest BCUT2D eigenvalue weighted by Crippen LogP contribution is -2.29. The van der Waals surface area contributed by atoms with Gasteiger partial charge in [0.05, 0.1) is 29.9 Å². The van der Waals surface area contributed by atoms with E-state index in [9.17, 15) is 8.42 Å². The van der Waals surface area contributed by atoms with Crippen LogP contribution < -0.4 is 9.47 Å². The highest BCUT2D eigenvalue weighted by molar-refractivity contribution is 7.91. The van der Waals surface area contributed by atoms with Gasteiger partial charge in [-0.2, -0.15) is 0 Å². The second-order valence-corrected chi connectivity index (χ2v) is 9.62. The summed E-state index contributed by atoms with van der Waals surface area (Å²) in [6, 6.07) is 10.3. The Balaban J connectivity index is 1.78. The summed E-state index contributed by atoms with van der Waals surface area (Å²) in [6.07, 6.45) is 1.94. The lowest BCUT2D eigenvalue weighted by molar-refractivity contribution is 0.265. The van der Waals surface area contributed by atoms with Crippen LogP contribution in [-0.2, 0) is 9.84 Å². The monoisotopic (exact) mass is 443 g/mol. The number of hydrogen-bond donors (Lipinski definition) is 0. The third-order valence-electron chi connectivity index (χ3n) is 5.04. The maximum atomic E-state index is 12.8. The van der Waals surface area contributed by atoms with Gasteiger partial charge in [-0.3, -0.25) is 4.90 Å². The van der Waals surface area contributed by atoms with E-state index < -0.39 is 9.84 Å². The molecule has 28 heavy (non-hydrogen) atoms. The van der Waals surface area contributed by atoms with Crippen molar-refractivity contribution in [3.8, 4) is 11.5 Å². The molecule has 1 heterocycles. The molecule has 152 valence electrons. The summed E-state index contributed by atoms with van der Waals surface area (Å²) in [6.45, 7) is 1.24. The molecule has 1 fully saturated rings. The molecule has 5 nitrogen and oxygen atoms in total. The van der Waals surface area contributed by atoms with E-state index in [-0.39, 0.29) is 21.7 Å². The Bertz CT molecular complexity index is 949. The summed E-state index contributed by atoms with van der Waals surface area (Å²) in [7, 11) is -0.301. The van der Waals surface area contributed by atoms with Crippen LogP contribution in [0.25, 0.3) is 0 Å². The molecule has 1 saturated heterocycles. The molecule has 0 unspecified atom stereocenters. The van der Waals surface area contributed by atoms with E-state index in [1.807, 2.05) is 18.2 Å². The van der Waals surface area contributed by atoms with E-state index in [1.165, 1.54) is 12.1 Å². The van der Waals surface area contributed by atoms with Gasteiger partial charge in [-0.25, -0.2) is 8.42 Å². The van der Waals surface area contributed by atoms with Crippen molar-refractivity contribution in [1.82, 2.24) is 4.90 Å². The maximum absolute atomic E-state index is 12.8. The van der Waals surface area contributed by atoms with E-state index in [2.05, 4.69) is 4.90 Å².